The lowest BCUT2D eigenvalue weighted by Gasteiger charge is -2.28. The molecule has 0 atom stereocenters. The summed E-state index contributed by atoms with van der Waals surface area (Å²) in [6, 6.07) is 0. The molecule has 0 saturated carbocycles. The molecule has 0 heterocycles. The van der Waals surface area contributed by atoms with Crippen LogP contribution in [0.4, 0.5) is 0 Å². The van der Waals surface area contributed by atoms with Gasteiger partial charge in [0, 0.05) is 32.4 Å². The Balaban J connectivity index is 4.66. The molecule has 140 valence electrons. The summed E-state index contributed by atoms with van der Waals surface area (Å²) in [5.41, 5.74) is 0. The summed E-state index contributed by atoms with van der Waals surface area (Å²) in [6.07, 6.45) is 18.3. The monoisotopic (exact) mass is 397 g/mol. The second kappa shape index (κ2) is 14.8. The van der Waals surface area contributed by atoms with Crippen LogP contribution < -0.4 is 0 Å². The van der Waals surface area contributed by atoms with E-state index in [9.17, 15) is 0 Å². The summed E-state index contributed by atoms with van der Waals surface area (Å²) in [4.78, 5) is 0. The zero-order valence-electron chi connectivity index (χ0n) is 17.3. The maximum Gasteiger partial charge on any atom is 0.0631 e. The van der Waals surface area contributed by atoms with E-state index in [1.807, 2.05) is 0 Å². The fourth-order valence-corrected chi connectivity index (χ4v) is 16.2. The summed E-state index contributed by atoms with van der Waals surface area (Å²) in [5.74, 6) is 0. The normalized spacial score (nSPS) is 12.8. The zero-order chi connectivity index (χ0) is 17.7. The van der Waals surface area contributed by atoms with Crippen LogP contribution in [0.15, 0.2) is 0 Å². The maximum absolute atomic E-state index is 2.75. The minimum absolute atomic E-state index is 0.351. The van der Waals surface area contributed by atoms with Crippen LogP contribution in [0.1, 0.15) is 41.5 Å². The highest BCUT2D eigenvalue weighted by molar-refractivity contribution is 7.77. The minimum Gasteiger partial charge on any atom is -0.104 e. The van der Waals surface area contributed by atoms with Gasteiger partial charge >= 0.3 is 0 Å². The van der Waals surface area contributed by atoms with Crippen molar-refractivity contribution < 1.29 is 0 Å². The molecule has 0 bridgehead atoms. The first-order chi connectivity index (χ1) is 11.0. The first-order valence-electron chi connectivity index (χ1n) is 9.98. The molecule has 4 heteroatoms. The van der Waals surface area contributed by atoms with Crippen LogP contribution in [0.25, 0.3) is 0 Å². The molecule has 0 aliphatic heterocycles. The van der Waals surface area contributed by atoms with Gasteiger partial charge in [0.05, 0.1) is 18.5 Å². The van der Waals surface area contributed by atoms with Gasteiger partial charge in [0.25, 0.3) is 0 Å². The van der Waals surface area contributed by atoms with E-state index < -0.39 is 7.26 Å². The van der Waals surface area contributed by atoms with Gasteiger partial charge in [0.15, 0.2) is 0 Å². The standard InChI is InChI=1S/C19H45P4/c1-8-20(9-2)14-17-23(7,18-15-21(10-3)11-4)19-16-22(12-5)13-6/h8-19H2,1-7H3/q+1. The first-order valence-corrected chi connectivity index (χ1v) is 18.5. The fourth-order valence-electron chi connectivity index (χ4n) is 3.10. The Hall–Kier alpha value is 1.72. The van der Waals surface area contributed by atoms with Crippen molar-refractivity contribution in [3.8, 4) is 0 Å². The van der Waals surface area contributed by atoms with Crippen molar-refractivity contribution in [1.82, 2.24) is 0 Å². The molecule has 0 amide bonds. The van der Waals surface area contributed by atoms with Crippen molar-refractivity contribution in [2.45, 2.75) is 41.5 Å². The molecule has 0 aromatic heterocycles. The first kappa shape index (κ1) is 24.7. The molecule has 0 rings (SSSR count). The number of hydrogen-bond acceptors (Lipinski definition) is 0. The molecule has 0 unspecified atom stereocenters. The highest BCUT2D eigenvalue weighted by Crippen LogP contribution is 2.60. The van der Waals surface area contributed by atoms with Gasteiger partial charge in [-0.25, -0.2) is 0 Å². The minimum atomic E-state index is -0.661. The second-order valence-corrected chi connectivity index (χ2v) is 20.6. The highest BCUT2D eigenvalue weighted by Gasteiger charge is 2.32. The fraction of sp³-hybridized carbons (Fsp3) is 1.00. The van der Waals surface area contributed by atoms with Crippen molar-refractivity contribution in [2.24, 2.45) is 0 Å². The van der Waals surface area contributed by atoms with Crippen molar-refractivity contribution in [3.63, 3.8) is 0 Å². The van der Waals surface area contributed by atoms with Gasteiger partial charge in [-0.3, -0.25) is 0 Å². The maximum atomic E-state index is 2.75. The molecule has 0 aliphatic carbocycles. The Bertz CT molecular complexity index is 217. The molecule has 0 saturated heterocycles. The Morgan fingerprint density at radius 3 is 0.870 bits per heavy atom. The Morgan fingerprint density at radius 1 is 0.478 bits per heavy atom. The Morgan fingerprint density at radius 2 is 0.696 bits per heavy atom. The van der Waals surface area contributed by atoms with Gasteiger partial charge < -0.3 is 0 Å². The average Bonchev–Trinajstić information content (AvgIpc) is 2.57. The summed E-state index contributed by atoms with van der Waals surface area (Å²) in [7, 11) is 0.392. The van der Waals surface area contributed by atoms with Crippen LogP contribution in [0, 0.1) is 0 Å². The van der Waals surface area contributed by atoms with Crippen LogP contribution in [0.5, 0.6) is 0 Å². The van der Waals surface area contributed by atoms with E-state index in [0.29, 0.717) is 23.8 Å². The third kappa shape index (κ3) is 11.1. The van der Waals surface area contributed by atoms with Crippen molar-refractivity contribution in [2.75, 3.05) is 80.6 Å². The smallest absolute Gasteiger partial charge is 0.0631 e. The lowest BCUT2D eigenvalue weighted by atomic mass is 10.9. The number of rotatable bonds is 15. The molecular weight excluding hydrogens is 352 g/mol. The second-order valence-electron chi connectivity index (χ2n) is 6.87. The molecule has 0 nitrogen and oxygen atoms in total. The molecule has 0 aliphatic rings. The topological polar surface area (TPSA) is 0 Å². The average molecular weight is 397 g/mol. The van der Waals surface area contributed by atoms with Crippen LogP contribution >= 0.6 is 31.0 Å². The summed E-state index contributed by atoms with van der Waals surface area (Å²) in [5, 5.41) is 0. The van der Waals surface area contributed by atoms with E-state index in [4.69, 9.17) is 0 Å². The summed E-state index contributed by atoms with van der Waals surface area (Å²) in [6.45, 7) is 17.3. The van der Waals surface area contributed by atoms with Gasteiger partial charge in [0.1, 0.15) is 0 Å². The largest absolute Gasteiger partial charge is 0.104 e. The third-order valence-electron chi connectivity index (χ3n) is 5.55. The van der Waals surface area contributed by atoms with E-state index in [-0.39, 0.29) is 0 Å². The predicted octanol–water partition coefficient (Wildman–Crippen LogP) is 7.20. The van der Waals surface area contributed by atoms with E-state index >= 15 is 0 Å². The highest BCUT2D eigenvalue weighted by atomic mass is 31.2. The van der Waals surface area contributed by atoms with E-state index in [2.05, 4.69) is 48.2 Å². The van der Waals surface area contributed by atoms with Crippen molar-refractivity contribution in [1.29, 1.82) is 0 Å². The predicted molar refractivity (Wildman–Crippen MR) is 126 cm³/mol. The van der Waals surface area contributed by atoms with Crippen molar-refractivity contribution >= 4 is 31.0 Å². The zero-order valence-corrected chi connectivity index (χ0v) is 20.9. The third-order valence-corrected chi connectivity index (χ3v) is 18.5. The lowest BCUT2D eigenvalue weighted by molar-refractivity contribution is 1.26. The van der Waals surface area contributed by atoms with Gasteiger partial charge in [0.2, 0.25) is 0 Å². The Labute approximate surface area is 153 Å². The molecule has 23 heavy (non-hydrogen) atoms. The van der Waals surface area contributed by atoms with Crippen LogP contribution in [0.3, 0.4) is 0 Å². The molecule has 0 fully saturated rings. The van der Waals surface area contributed by atoms with E-state index in [0.717, 1.165) is 0 Å². The molecule has 0 spiro atoms. The van der Waals surface area contributed by atoms with E-state index in [1.54, 1.807) is 37.0 Å². The van der Waals surface area contributed by atoms with Gasteiger partial charge in [-0.1, -0.05) is 41.5 Å². The molecule has 0 N–H and O–H groups in total. The van der Waals surface area contributed by atoms with Gasteiger partial charge in [-0.05, 0) is 37.0 Å². The quantitative estimate of drug-likeness (QED) is 0.256. The Kier molecular flexibility index (Phi) is 16.0. The van der Waals surface area contributed by atoms with E-state index in [1.165, 1.54) is 37.0 Å². The molecule has 0 radical (unpaired) electrons. The number of hydrogen-bond donors (Lipinski definition) is 0. The lowest BCUT2D eigenvalue weighted by Crippen LogP contribution is -2.15. The van der Waals surface area contributed by atoms with Crippen LogP contribution in [-0.4, -0.2) is 80.6 Å². The summed E-state index contributed by atoms with van der Waals surface area (Å²) >= 11 is 0. The van der Waals surface area contributed by atoms with Crippen molar-refractivity contribution in [3.05, 3.63) is 0 Å². The van der Waals surface area contributed by atoms with Crippen LogP contribution in [-0.2, 0) is 0 Å². The van der Waals surface area contributed by atoms with Crippen LogP contribution in [0.2, 0.25) is 0 Å². The molecule has 0 aromatic carbocycles. The van der Waals surface area contributed by atoms with Gasteiger partial charge in [-0.2, -0.15) is 0 Å². The van der Waals surface area contributed by atoms with Gasteiger partial charge in [-0.15, -0.1) is 23.8 Å². The SMILES string of the molecule is CCP(CC)CC[P+](C)(CCP(CC)CC)CCP(CC)CC. The molecule has 0 aromatic rings. The summed E-state index contributed by atoms with van der Waals surface area (Å²) < 4.78 is 0. The molecular formula is C19H45P4+.